The average molecular weight is 330 g/mol. The molecule has 0 aromatic heterocycles. The molecule has 0 unspecified atom stereocenters. The molecular weight excluding hydrogens is 300 g/mol. The van der Waals surface area contributed by atoms with Crippen LogP contribution in [0.25, 0.3) is 0 Å². The predicted octanol–water partition coefficient (Wildman–Crippen LogP) is 4.96. The van der Waals surface area contributed by atoms with Gasteiger partial charge in [0.2, 0.25) is 5.75 Å². The second kappa shape index (κ2) is 5.06. The third kappa shape index (κ3) is 2.16. The molecular formula is C21H30O3. The van der Waals surface area contributed by atoms with E-state index < -0.39 is 0 Å². The van der Waals surface area contributed by atoms with Gasteiger partial charge in [0.1, 0.15) is 0 Å². The van der Waals surface area contributed by atoms with Crippen molar-refractivity contribution in [1.82, 2.24) is 0 Å². The molecule has 3 heteroatoms. The Labute approximate surface area is 144 Å². The highest BCUT2D eigenvalue weighted by Crippen LogP contribution is 2.64. The van der Waals surface area contributed by atoms with Crippen molar-refractivity contribution in [1.29, 1.82) is 0 Å². The largest absolute Gasteiger partial charge is 0.504 e. The first-order chi connectivity index (χ1) is 11.3. The highest BCUT2D eigenvalue weighted by atomic mass is 16.3. The first-order valence-electron chi connectivity index (χ1n) is 9.54. The molecule has 4 saturated carbocycles. The quantitative estimate of drug-likeness (QED) is 0.687. The summed E-state index contributed by atoms with van der Waals surface area (Å²) in [6, 6.07) is 1.71. The predicted molar refractivity (Wildman–Crippen MR) is 94.6 cm³/mol. The van der Waals surface area contributed by atoms with Crippen molar-refractivity contribution in [2.75, 3.05) is 0 Å². The van der Waals surface area contributed by atoms with Crippen molar-refractivity contribution in [3.8, 4) is 17.2 Å². The number of phenols is 3. The van der Waals surface area contributed by atoms with Gasteiger partial charge in [0.25, 0.3) is 0 Å². The summed E-state index contributed by atoms with van der Waals surface area (Å²) in [5.74, 6) is 1.71. The Morgan fingerprint density at radius 2 is 1.46 bits per heavy atom. The van der Waals surface area contributed by atoms with Crippen LogP contribution in [0.5, 0.6) is 17.2 Å². The molecule has 24 heavy (non-hydrogen) atoms. The Balaban J connectivity index is 1.93. The van der Waals surface area contributed by atoms with Crippen LogP contribution in [0.15, 0.2) is 6.07 Å². The topological polar surface area (TPSA) is 60.7 Å². The molecule has 5 rings (SSSR count). The lowest BCUT2D eigenvalue weighted by atomic mass is 9.47. The lowest BCUT2D eigenvalue weighted by Gasteiger charge is -2.58. The van der Waals surface area contributed by atoms with Crippen molar-refractivity contribution < 1.29 is 15.3 Å². The highest BCUT2D eigenvalue weighted by Gasteiger charge is 2.54. The van der Waals surface area contributed by atoms with Crippen LogP contribution in [0.2, 0.25) is 0 Å². The Morgan fingerprint density at radius 1 is 0.958 bits per heavy atom. The fourth-order valence-corrected chi connectivity index (χ4v) is 6.32. The molecule has 0 aliphatic heterocycles. The average Bonchev–Trinajstić information content (AvgIpc) is 2.50. The van der Waals surface area contributed by atoms with E-state index >= 15 is 0 Å². The first kappa shape index (κ1) is 16.1. The van der Waals surface area contributed by atoms with Gasteiger partial charge in [-0.15, -0.1) is 0 Å². The summed E-state index contributed by atoms with van der Waals surface area (Å²) < 4.78 is 0. The fraction of sp³-hybridized carbons (Fsp3) is 0.714. The molecule has 0 heterocycles. The molecule has 4 aliphatic rings. The second-order valence-electron chi connectivity index (χ2n) is 9.45. The Hall–Kier alpha value is -1.38. The number of phenolic OH excluding ortho intramolecular Hbond substituents is 3. The molecule has 132 valence electrons. The summed E-state index contributed by atoms with van der Waals surface area (Å²) >= 11 is 0. The first-order valence-corrected chi connectivity index (χ1v) is 9.54. The van der Waals surface area contributed by atoms with Gasteiger partial charge in [0.05, 0.1) is 0 Å². The van der Waals surface area contributed by atoms with E-state index in [2.05, 4.69) is 20.8 Å². The molecule has 0 spiro atoms. The van der Waals surface area contributed by atoms with Crippen LogP contribution >= 0.6 is 0 Å². The van der Waals surface area contributed by atoms with Crippen LogP contribution in [0.3, 0.4) is 0 Å². The van der Waals surface area contributed by atoms with Crippen molar-refractivity contribution in [3.05, 3.63) is 17.2 Å². The number of benzene rings is 1. The van der Waals surface area contributed by atoms with Crippen molar-refractivity contribution in [3.63, 3.8) is 0 Å². The zero-order valence-electron chi connectivity index (χ0n) is 15.1. The Morgan fingerprint density at radius 3 is 1.92 bits per heavy atom. The third-order valence-electron chi connectivity index (χ3n) is 7.44. The van der Waals surface area contributed by atoms with Gasteiger partial charge in [-0.05, 0) is 79.7 Å². The second-order valence-corrected chi connectivity index (χ2v) is 9.45. The molecule has 4 bridgehead atoms. The normalized spacial score (nSPS) is 34.7. The number of aromatic hydroxyl groups is 3. The van der Waals surface area contributed by atoms with E-state index in [-0.39, 0.29) is 28.1 Å². The van der Waals surface area contributed by atoms with E-state index in [0.29, 0.717) is 0 Å². The molecule has 0 saturated heterocycles. The van der Waals surface area contributed by atoms with E-state index in [1.807, 2.05) is 0 Å². The minimum atomic E-state index is -0.337. The zero-order valence-corrected chi connectivity index (χ0v) is 15.1. The zero-order chi connectivity index (χ0) is 17.3. The van der Waals surface area contributed by atoms with Gasteiger partial charge < -0.3 is 15.3 Å². The van der Waals surface area contributed by atoms with Crippen LogP contribution in [0.1, 0.15) is 76.8 Å². The van der Waals surface area contributed by atoms with Gasteiger partial charge in [-0.1, -0.05) is 20.8 Å². The Kier molecular flexibility index (Phi) is 3.40. The maximum atomic E-state index is 10.9. The van der Waals surface area contributed by atoms with Crippen LogP contribution in [-0.4, -0.2) is 15.3 Å². The van der Waals surface area contributed by atoms with Crippen molar-refractivity contribution >= 4 is 0 Å². The van der Waals surface area contributed by atoms with E-state index in [1.54, 1.807) is 6.07 Å². The van der Waals surface area contributed by atoms with Gasteiger partial charge in [-0.3, -0.25) is 0 Å². The van der Waals surface area contributed by atoms with Gasteiger partial charge in [0, 0.05) is 11.0 Å². The molecule has 4 fully saturated rings. The minimum absolute atomic E-state index is 0.00815. The summed E-state index contributed by atoms with van der Waals surface area (Å²) in [5, 5.41) is 31.3. The van der Waals surface area contributed by atoms with Crippen LogP contribution in [0, 0.1) is 17.8 Å². The monoisotopic (exact) mass is 330 g/mol. The highest BCUT2D eigenvalue weighted by molar-refractivity contribution is 5.61. The lowest BCUT2D eigenvalue weighted by molar-refractivity contribution is -0.00715. The fourth-order valence-electron chi connectivity index (χ4n) is 6.32. The molecule has 4 aliphatic carbocycles. The number of rotatable bonds is 3. The maximum absolute atomic E-state index is 10.9. The van der Waals surface area contributed by atoms with Gasteiger partial charge in [0.15, 0.2) is 11.5 Å². The Bertz CT molecular complexity index is 639. The SMILES string of the molecule is CCC(C)(C)c1cc(O)c(O)c(O)c1C12CC3CC(CC(C3)C1)C2. The minimum Gasteiger partial charge on any atom is -0.504 e. The molecule has 0 amide bonds. The number of hydrogen-bond acceptors (Lipinski definition) is 3. The van der Waals surface area contributed by atoms with E-state index in [4.69, 9.17) is 0 Å². The molecule has 3 nitrogen and oxygen atoms in total. The molecule has 3 N–H and O–H groups in total. The van der Waals surface area contributed by atoms with Crippen LogP contribution in [-0.2, 0) is 10.8 Å². The van der Waals surface area contributed by atoms with E-state index in [9.17, 15) is 15.3 Å². The van der Waals surface area contributed by atoms with E-state index in [1.165, 1.54) is 19.3 Å². The lowest BCUT2D eigenvalue weighted by Crippen LogP contribution is -2.49. The van der Waals surface area contributed by atoms with Gasteiger partial charge in [-0.25, -0.2) is 0 Å². The summed E-state index contributed by atoms with van der Waals surface area (Å²) in [6.07, 6.45) is 8.34. The molecule has 0 radical (unpaired) electrons. The van der Waals surface area contributed by atoms with Crippen molar-refractivity contribution in [2.24, 2.45) is 17.8 Å². The smallest absolute Gasteiger partial charge is 0.200 e. The van der Waals surface area contributed by atoms with Gasteiger partial charge >= 0.3 is 0 Å². The van der Waals surface area contributed by atoms with Gasteiger partial charge in [-0.2, -0.15) is 0 Å². The number of hydrogen-bond donors (Lipinski definition) is 3. The summed E-state index contributed by atoms with van der Waals surface area (Å²) in [6.45, 7) is 6.48. The molecule has 0 atom stereocenters. The molecule has 1 aromatic rings. The van der Waals surface area contributed by atoms with Crippen molar-refractivity contribution in [2.45, 2.75) is 76.5 Å². The third-order valence-corrected chi connectivity index (χ3v) is 7.44. The van der Waals surface area contributed by atoms with E-state index in [0.717, 1.165) is 54.6 Å². The van der Waals surface area contributed by atoms with Crippen LogP contribution in [0.4, 0.5) is 0 Å². The standard InChI is InChI=1S/C21H30O3/c1-4-20(2,3)15-8-16(22)18(23)19(24)17(15)21-9-12-5-13(10-21)7-14(6-12)11-21/h8,12-14,22-24H,4-7,9-11H2,1-3H3. The summed E-state index contributed by atoms with van der Waals surface area (Å²) in [4.78, 5) is 0. The molecule has 1 aromatic carbocycles. The summed E-state index contributed by atoms with van der Waals surface area (Å²) in [7, 11) is 0. The van der Waals surface area contributed by atoms with Crippen LogP contribution < -0.4 is 0 Å². The summed E-state index contributed by atoms with van der Waals surface area (Å²) in [5.41, 5.74) is 1.83. The maximum Gasteiger partial charge on any atom is 0.200 e.